The fourth-order valence-corrected chi connectivity index (χ4v) is 3.58. The summed E-state index contributed by atoms with van der Waals surface area (Å²) in [4.78, 5) is 13.3. The van der Waals surface area contributed by atoms with Crippen LogP contribution in [0.5, 0.6) is 5.75 Å². The zero-order valence-electron chi connectivity index (χ0n) is 15.1. The highest BCUT2D eigenvalue weighted by Crippen LogP contribution is 2.21. The van der Waals surface area contributed by atoms with E-state index in [1.54, 1.807) is 0 Å². The molecule has 26 heavy (non-hydrogen) atoms. The van der Waals surface area contributed by atoms with Gasteiger partial charge in [0.2, 0.25) is 0 Å². The number of rotatable bonds is 7. The van der Waals surface area contributed by atoms with Crippen LogP contribution in [0.15, 0.2) is 66.0 Å². The van der Waals surface area contributed by atoms with E-state index in [1.807, 2.05) is 73.0 Å². The van der Waals surface area contributed by atoms with E-state index in [0.29, 0.717) is 11.5 Å². The molecular formula is C22H23NO2S. The minimum absolute atomic E-state index is 0.0257. The van der Waals surface area contributed by atoms with Crippen LogP contribution in [0.3, 0.4) is 0 Å². The number of carbonyl (C=O) groups is 1. The quantitative estimate of drug-likeness (QED) is 0.599. The Hall–Kier alpha value is -2.59. The van der Waals surface area contributed by atoms with Crippen molar-refractivity contribution in [3.8, 4) is 5.75 Å². The van der Waals surface area contributed by atoms with Crippen LogP contribution >= 0.6 is 11.3 Å². The first-order valence-corrected chi connectivity index (χ1v) is 9.66. The van der Waals surface area contributed by atoms with Crippen LogP contribution in [0, 0.1) is 6.92 Å². The summed E-state index contributed by atoms with van der Waals surface area (Å²) in [5.74, 6) is 0.810. The first kappa shape index (κ1) is 18.2. The van der Waals surface area contributed by atoms with Gasteiger partial charge in [-0.3, -0.25) is 4.79 Å². The summed E-state index contributed by atoms with van der Waals surface area (Å²) in [6.07, 6.45) is 0.852. The lowest BCUT2D eigenvalue weighted by Gasteiger charge is -2.16. The summed E-state index contributed by atoms with van der Waals surface area (Å²) in [6, 6.07) is 20.0. The molecule has 0 saturated carbocycles. The summed E-state index contributed by atoms with van der Waals surface area (Å²) in [7, 11) is 0. The number of amides is 1. The van der Waals surface area contributed by atoms with Crippen molar-refractivity contribution in [3.05, 3.63) is 87.6 Å². The molecule has 0 aliphatic rings. The molecule has 0 bridgehead atoms. The molecule has 0 fully saturated rings. The molecule has 3 nitrogen and oxygen atoms in total. The topological polar surface area (TPSA) is 38.3 Å². The Morgan fingerprint density at radius 3 is 2.65 bits per heavy atom. The van der Waals surface area contributed by atoms with Gasteiger partial charge in [-0.2, -0.15) is 0 Å². The number of benzene rings is 2. The fraction of sp³-hybridized carbons (Fsp3) is 0.227. The van der Waals surface area contributed by atoms with Crippen LogP contribution in [-0.4, -0.2) is 5.91 Å². The Morgan fingerprint density at radius 2 is 1.92 bits per heavy atom. The van der Waals surface area contributed by atoms with E-state index in [0.717, 1.165) is 23.3 Å². The normalized spacial score (nSPS) is 11.8. The number of hydrogen-bond donors (Lipinski definition) is 1. The van der Waals surface area contributed by atoms with E-state index in [4.69, 9.17) is 4.74 Å². The molecule has 3 aromatic rings. The fourth-order valence-electron chi connectivity index (χ4n) is 2.78. The summed E-state index contributed by atoms with van der Waals surface area (Å²) in [5, 5.41) is 5.10. The zero-order chi connectivity index (χ0) is 18.4. The summed E-state index contributed by atoms with van der Waals surface area (Å²) < 4.78 is 5.81. The molecule has 4 heteroatoms. The predicted molar refractivity (Wildman–Crippen MR) is 107 cm³/mol. The Kier molecular flexibility index (Phi) is 6.08. The maximum absolute atomic E-state index is 12.6. The highest BCUT2D eigenvalue weighted by Gasteiger charge is 2.15. The molecule has 1 N–H and O–H groups in total. The molecule has 0 spiro atoms. The molecule has 3 rings (SSSR count). The van der Waals surface area contributed by atoms with Gasteiger partial charge in [0.25, 0.3) is 5.91 Å². The Bertz CT molecular complexity index is 857. The van der Waals surface area contributed by atoms with Gasteiger partial charge < -0.3 is 10.1 Å². The molecule has 0 aliphatic heterocycles. The van der Waals surface area contributed by atoms with E-state index in [-0.39, 0.29) is 11.9 Å². The van der Waals surface area contributed by atoms with Gasteiger partial charge in [-0.1, -0.05) is 49.4 Å². The third kappa shape index (κ3) is 4.73. The Labute approximate surface area is 158 Å². The van der Waals surface area contributed by atoms with E-state index in [9.17, 15) is 4.79 Å². The van der Waals surface area contributed by atoms with Crippen LogP contribution in [0.1, 0.15) is 45.7 Å². The number of aryl methyl sites for hydroxylation is 1. The van der Waals surface area contributed by atoms with Crippen molar-refractivity contribution in [1.82, 2.24) is 5.32 Å². The molecule has 0 saturated heterocycles. The summed E-state index contributed by atoms with van der Waals surface area (Å²) >= 11 is 1.45. The second-order valence-electron chi connectivity index (χ2n) is 6.27. The molecule has 0 aliphatic carbocycles. The van der Waals surface area contributed by atoms with E-state index in [1.165, 1.54) is 16.9 Å². The molecule has 2 aromatic carbocycles. The average molecular weight is 365 g/mol. The first-order chi connectivity index (χ1) is 12.7. The van der Waals surface area contributed by atoms with Crippen molar-refractivity contribution in [1.29, 1.82) is 0 Å². The minimum atomic E-state index is -0.0347. The van der Waals surface area contributed by atoms with Crippen molar-refractivity contribution in [2.45, 2.75) is 32.9 Å². The molecule has 0 radical (unpaired) electrons. The number of nitrogens with one attached hydrogen (secondary N) is 1. The average Bonchev–Trinajstić information content (AvgIpc) is 3.14. The molecule has 1 unspecified atom stereocenters. The molecule has 1 amide bonds. The lowest BCUT2D eigenvalue weighted by atomic mass is 10.0. The van der Waals surface area contributed by atoms with Crippen molar-refractivity contribution >= 4 is 17.2 Å². The zero-order valence-corrected chi connectivity index (χ0v) is 15.9. The predicted octanol–water partition coefficient (Wildman–Crippen LogP) is 5.52. The van der Waals surface area contributed by atoms with Gasteiger partial charge in [0.05, 0.1) is 10.9 Å². The molecular weight excluding hydrogens is 342 g/mol. The highest BCUT2D eigenvalue weighted by atomic mass is 32.1. The van der Waals surface area contributed by atoms with Gasteiger partial charge in [-0.05, 0) is 48.1 Å². The maximum atomic E-state index is 12.6. The molecule has 134 valence electrons. The lowest BCUT2D eigenvalue weighted by Crippen LogP contribution is -2.27. The summed E-state index contributed by atoms with van der Waals surface area (Å²) in [6.45, 7) is 4.58. The van der Waals surface area contributed by atoms with Crippen molar-refractivity contribution in [2.75, 3.05) is 0 Å². The van der Waals surface area contributed by atoms with Crippen LogP contribution in [0.4, 0.5) is 0 Å². The van der Waals surface area contributed by atoms with Gasteiger partial charge in [0, 0.05) is 5.56 Å². The highest BCUT2D eigenvalue weighted by molar-refractivity contribution is 7.12. The van der Waals surface area contributed by atoms with Gasteiger partial charge >= 0.3 is 0 Å². The van der Waals surface area contributed by atoms with Gasteiger partial charge in [-0.15, -0.1) is 11.3 Å². The molecule has 1 heterocycles. The van der Waals surface area contributed by atoms with E-state index in [2.05, 4.69) is 12.2 Å². The number of ether oxygens (including phenoxy) is 1. The maximum Gasteiger partial charge on any atom is 0.261 e. The second-order valence-corrected chi connectivity index (χ2v) is 7.18. The SMILES string of the molecule is CCC(NC(=O)c1cc(COc2cccc(C)c2)cs1)c1ccccc1. The van der Waals surface area contributed by atoms with E-state index < -0.39 is 0 Å². The minimum Gasteiger partial charge on any atom is -0.489 e. The largest absolute Gasteiger partial charge is 0.489 e. The monoisotopic (exact) mass is 365 g/mol. The Morgan fingerprint density at radius 1 is 1.12 bits per heavy atom. The number of thiophene rings is 1. The van der Waals surface area contributed by atoms with Gasteiger partial charge in [0.15, 0.2) is 0 Å². The molecule has 1 aromatic heterocycles. The standard InChI is InChI=1S/C22H23NO2S/c1-3-20(18-9-5-4-6-10-18)23-22(24)21-13-17(15-26-21)14-25-19-11-7-8-16(2)12-19/h4-13,15,20H,3,14H2,1-2H3,(H,23,24). The van der Waals surface area contributed by atoms with Crippen LogP contribution in [0.25, 0.3) is 0 Å². The van der Waals surface area contributed by atoms with Crippen LogP contribution in [-0.2, 0) is 6.61 Å². The number of carbonyl (C=O) groups excluding carboxylic acids is 1. The van der Waals surface area contributed by atoms with E-state index >= 15 is 0 Å². The lowest BCUT2D eigenvalue weighted by molar-refractivity contribution is 0.0939. The van der Waals surface area contributed by atoms with Gasteiger partial charge in [-0.25, -0.2) is 0 Å². The third-order valence-electron chi connectivity index (χ3n) is 4.19. The smallest absolute Gasteiger partial charge is 0.261 e. The van der Waals surface area contributed by atoms with Crippen molar-refractivity contribution in [3.63, 3.8) is 0 Å². The molecule has 1 atom stereocenters. The van der Waals surface area contributed by atoms with Crippen molar-refractivity contribution in [2.24, 2.45) is 0 Å². The van der Waals surface area contributed by atoms with Crippen LogP contribution < -0.4 is 10.1 Å². The summed E-state index contributed by atoms with van der Waals surface area (Å²) in [5.41, 5.74) is 3.30. The van der Waals surface area contributed by atoms with Crippen molar-refractivity contribution < 1.29 is 9.53 Å². The number of hydrogen-bond acceptors (Lipinski definition) is 3. The van der Waals surface area contributed by atoms with Gasteiger partial charge in [0.1, 0.15) is 12.4 Å². The Balaban J connectivity index is 1.60. The second kappa shape index (κ2) is 8.68. The third-order valence-corrected chi connectivity index (χ3v) is 5.17. The first-order valence-electron chi connectivity index (χ1n) is 8.78. The van der Waals surface area contributed by atoms with Crippen LogP contribution in [0.2, 0.25) is 0 Å².